The van der Waals surface area contributed by atoms with Crippen molar-refractivity contribution in [2.45, 2.75) is 32.9 Å². The molecule has 23 heavy (non-hydrogen) atoms. The highest BCUT2D eigenvalue weighted by molar-refractivity contribution is 5.81. The van der Waals surface area contributed by atoms with Crippen molar-refractivity contribution in [1.29, 1.82) is 0 Å². The molecule has 0 aliphatic heterocycles. The van der Waals surface area contributed by atoms with Crippen LogP contribution in [0.2, 0.25) is 0 Å². The van der Waals surface area contributed by atoms with Crippen molar-refractivity contribution in [3.8, 4) is 11.4 Å². The summed E-state index contributed by atoms with van der Waals surface area (Å²) < 4.78 is 29.1. The van der Waals surface area contributed by atoms with E-state index in [2.05, 4.69) is 4.98 Å². The number of benzene rings is 2. The summed E-state index contributed by atoms with van der Waals surface area (Å²) in [6.45, 7) is 4.49. The largest absolute Gasteiger partial charge is 0.326 e. The summed E-state index contributed by atoms with van der Waals surface area (Å²) in [6, 6.07) is 10.1. The summed E-state index contributed by atoms with van der Waals surface area (Å²) in [6.07, 6.45) is 0.788. The molecular formula is C18H19F2N3. The lowest BCUT2D eigenvalue weighted by atomic mass is 10.1. The molecule has 1 atom stereocenters. The molecule has 1 aromatic heterocycles. The van der Waals surface area contributed by atoms with Crippen molar-refractivity contribution in [3.05, 3.63) is 53.6 Å². The second-order valence-electron chi connectivity index (χ2n) is 5.78. The zero-order chi connectivity index (χ0) is 16.6. The van der Waals surface area contributed by atoms with Crippen molar-refractivity contribution in [2.24, 2.45) is 5.73 Å². The van der Waals surface area contributed by atoms with Crippen molar-refractivity contribution < 1.29 is 8.78 Å². The average Bonchev–Trinajstić information content (AvgIpc) is 2.86. The Kier molecular flexibility index (Phi) is 4.13. The zero-order valence-electron chi connectivity index (χ0n) is 13.2. The highest BCUT2D eigenvalue weighted by atomic mass is 19.2. The molecule has 5 heteroatoms. The van der Waals surface area contributed by atoms with E-state index in [4.69, 9.17) is 5.73 Å². The van der Waals surface area contributed by atoms with Gasteiger partial charge in [0.1, 0.15) is 5.82 Å². The Morgan fingerprint density at radius 2 is 1.87 bits per heavy atom. The van der Waals surface area contributed by atoms with Gasteiger partial charge in [0.15, 0.2) is 11.6 Å². The molecule has 2 aromatic carbocycles. The first-order valence-corrected chi connectivity index (χ1v) is 7.68. The molecular weight excluding hydrogens is 296 g/mol. The van der Waals surface area contributed by atoms with E-state index in [9.17, 15) is 8.78 Å². The summed E-state index contributed by atoms with van der Waals surface area (Å²) in [4.78, 5) is 4.53. The topological polar surface area (TPSA) is 43.8 Å². The number of fused-ring (bicyclic) bond motifs is 1. The Hall–Kier alpha value is -2.27. The number of nitrogens with two attached hydrogens (primary N) is 1. The van der Waals surface area contributed by atoms with Crippen molar-refractivity contribution >= 4 is 11.0 Å². The Bertz CT molecular complexity index is 855. The number of hydrogen-bond acceptors (Lipinski definition) is 2. The van der Waals surface area contributed by atoms with Gasteiger partial charge in [-0.1, -0.05) is 31.2 Å². The van der Waals surface area contributed by atoms with E-state index in [1.54, 1.807) is 0 Å². The molecule has 0 saturated heterocycles. The lowest BCUT2D eigenvalue weighted by Crippen LogP contribution is -2.25. The smallest absolute Gasteiger partial charge is 0.161 e. The van der Waals surface area contributed by atoms with Crippen LogP contribution in [0.25, 0.3) is 22.4 Å². The van der Waals surface area contributed by atoms with Crippen LogP contribution < -0.4 is 5.73 Å². The Morgan fingerprint density at radius 3 is 2.57 bits per heavy atom. The number of hydrogen-bond donors (Lipinski definition) is 1. The normalized spacial score (nSPS) is 12.7. The van der Waals surface area contributed by atoms with E-state index in [-0.39, 0.29) is 6.04 Å². The molecule has 0 bridgehead atoms. The first-order valence-electron chi connectivity index (χ1n) is 7.68. The highest BCUT2D eigenvalue weighted by Gasteiger charge is 2.18. The second kappa shape index (κ2) is 6.08. The molecule has 2 N–H and O–H groups in total. The van der Waals surface area contributed by atoms with Crippen LogP contribution in [0.3, 0.4) is 0 Å². The summed E-state index contributed by atoms with van der Waals surface area (Å²) in [7, 11) is 0. The van der Waals surface area contributed by atoms with E-state index in [1.165, 1.54) is 6.07 Å². The summed E-state index contributed by atoms with van der Waals surface area (Å²) in [5.41, 5.74) is 9.08. The Balaban J connectivity index is 2.27. The van der Waals surface area contributed by atoms with Crippen LogP contribution in [0.5, 0.6) is 0 Å². The van der Waals surface area contributed by atoms with Gasteiger partial charge in [-0.2, -0.15) is 0 Å². The van der Waals surface area contributed by atoms with Crippen LogP contribution >= 0.6 is 0 Å². The van der Waals surface area contributed by atoms with Crippen molar-refractivity contribution in [3.63, 3.8) is 0 Å². The molecule has 3 aromatic rings. The minimum Gasteiger partial charge on any atom is -0.326 e. The number of halogens is 2. The highest BCUT2D eigenvalue weighted by Crippen LogP contribution is 2.28. The minimum absolute atomic E-state index is 0.0803. The lowest BCUT2D eigenvalue weighted by molar-refractivity contribution is 0.509. The number of aromatic nitrogens is 2. The fraction of sp³-hybridized carbons (Fsp3) is 0.278. The van der Waals surface area contributed by atoms with Crippen molar-refractivity contribution in [1.82, 2.24) is 9.55 Å². The molecule has 3 nitrogen and oxygen atoms in total. The van der Waals surface area contributed by atoms with Gasteiger partial charge in [0.25, 0.3) is 0 Å². The number of nitrogens with zero attached hydrogens (tertiary/aromatic N) is 2. The predicted octanol–water partition coefficient (Wildman–Crippen LogP) is 4.03. The first-order chi connectivity index (χ1) is 11.0. The van der Waals surface area contributed by atoms with E-state index in [0.717, 1.165) is 23.6 Å². The number of rotatable bonds is 4. The molecule has 3 rings (SSSR count). The fourth-order valence-corrected chi connectivity index (χ4v) is 2.70. The molecule has 0 spiro atoms. The van der Waals surface area contributed by atoms with Crippen LogP contribution in [0.1, 0.15) is 18.9 Å². The van der Waals surface area contributed by atoms with Gasteiger partial charge in [0.2, 0.25) is 0 Å². The van der Waals surface area contributed by atoms with Crippen molar-refractivity contribution in [2.75, 3.05) is 0 Å². The second-order valence-corrected chi connectivity index (χ2v) is 5.78. The number of imidazole rings is 1. The quantitative estimate of drug-likeness (QED) is 0.790. The fourth-order valence-electron chi connectivity index (χ4n) is 2.70. The molecule has 0 fully saturated rings. The maximum absolute atomic E-state index is 13.7. The van der Waals surface area contributed by atoms with E-state index >= 15 is 0 Å². The Labute approximate surface area is 133 Å². The van der Waals surface area contributed by atoms with Gasteiger partial charge in [-0.3, -0.25) is 0 Å². The molecule has 0 aliphatic rings. The van der Waals surface area contributed by atoms with Crippen LogP contribution in [0.15, 0.2) is 36.4 Å². The van der Waals surface area contributed by atoms with Gasteiger partial charge < -0.3 is 10.3 Å². The Morgan fingerprint density at radius 1 is 1.17 bits per heavy atom. The molecule has 0 aliphatic carbocycles. The third-order valence-corrected chi connectivity index (χ3v) is 4.12. The SMILES string of the molecule is CCC(N)Cn1c(-c2ccccc2C)nc2cc(F)c(F)cc21. The zero-order valence-corrected chi connectivity index (χ0v) is 13.2. The maximum atomic E-state index is 13.7. The van der Waals surface area contributed by atoms with Gasteiger partial charge in [0, 0.05) is 30.3 Å². The van der Waals surface area contributed by atoms with Gasteiger partial charge in [-0.05, 0) is 18.9 Å². The summed E-state index contributed by atoms with van der Waals surface area (Å²) in [5, 5.41) is 0. The van der Waals surface area contributed by atoms with Crippen LogP contribution in [-0.4, -0.2) is 15.6 Å². The monoisotopic (exact) mass is 315 g/mol. The minimum atomic E-state index is -0.890. The molecule has 120 valence electrons. The number of aryl methyl sites for hydroxylation is 1. The summed E-state index contributed by atoms with van der Waals surface area (Å²) in [5.74, 6) is -1.08. The average molecular weight is 315 g/mol. The van der Waals surface area contributed by atoms with Crippen LogP contribution in [0, 0.1) is 18.6 Å². The molecule has 1 unspecified atom stereocenters. The molecule has 0 saturated carbocycles. The van der Waals surface area contributed by atoms with Crippen LogP contribution in [-0.2, 0) is 6.54 Å². The lowest BCUT2D eigenvalue weighted by Gasteiger charge is -2.15. The third kappa shape index (κ3) is 2.84. The molecule has 1 heterocycles. The molecule has 0 amide bonds. The molecule has 0 radical (unpaired) electrons. The van der Waals surface area contributed by atoms with Gasteiger partial charge >= 0.3 is 0 Å². The van der Waals surface area contributed by atoms with E-state index in [0.29, 0.717) is 23.4 Å². The standard InChI is InChI=1S/C18H19F2N3/c1-3-12(21)10-23-17-9-15(20)14(19)8-16(17)22-18(23)13-7-5-4-6-11(13)2/h4-9,12H,3,10,21H2,1-2H3. The van der Waals surface area contributed by atoms with Crippen LogP contribution in [0.4, 0.5) is 8.78 Å². The third-order valence-electron chi connectivity index (χ3n) is 4.12. The van der Waals surface area contributed by atoms with Gasteiger partial charge in [0.05, 0.1) is 11.0 Å². The summed E-state index contributed by atoms with van der Waals surface area (Å²) >= 11 is 0. The predicted molar refractivity (Wildman–Crippen MR) is 88.1 cm³/mol. The van der Waals surface area contributed by atoms with E-state index in [1.807, 2.05) is 42.7 Å². The van der Waals surface area contributed by atoms with Gasteiger partial charge in [-0.15, -0.1) is 0 Å². The first kappa shape index (κ1) is 15.6. The van der Waals surface area contributed by atoms with E-state index < -0.39 is 11.6 Å². The van der Waals surface area contributed by atoms with Gasteiger partial charge in [-0.25, -0.2) is 13.8 Å². The maximum Gasteiger partial charge on any atom is 0.161 e.